The highest BCUT2D eigenvalue weighted by atomic mass is 16.1. The van der Waals surface area contributed by atoms with E-state index in [-0.39, 0.29) is 5.91 Å². The van der Waals surface area contributed by atoms with E-state index in [9.17, 15) is 4.79 Å². The summed E-state index contributed by atoms with van der Waals surface area (Å²) in [5.74, 6) is -0.0245. The monoisotopic (exact) mass is 257 g/mol. The van der Waals surface area contributed by atoms with E-state index in [0.717, 1.165) is 23.0 Å². The first-order chi connectivity index (χ1) is 9.19. The second kappa shape index (κ2) is 6.29. The van der Waals surface area contributed by atoms with Crippen LogP contribution in [0.5, 0.6) is 0 Å². The molecular formula is C15H19N3O. The van der Waals surface area contributed by atoms with Crippen molar-refractivity contribution in [1.29, 1.82) is 0 Å². The van der Waals surface area contributed by atoms with Crippen molar-refractivity contribution in [3.8, 4) is 0 Å². The fourth-order valence-corrected chi connectivity index (χ4v) is 1.77. The zero-order valence-electron chi connectivity index (χ0n) is 11.3. The summed E-state index contributed by atoms with van der Waals surface area (Å²) in [6.45, 7) is 4.49. The van der Waals surface area contributed by atoms with Gasteiger partial charge in [-0.05, 0) is 37.6 Å². The van der Waals surface area contributed by atoms with Crippen LogP contribution >= 0.6 is 0 Å². The van der Waals surface area contributed by atoms with E-state index < -0.39 is 0 Å². The minimum absolute atomic E-state index is 0.0245. The molecule has 0 aliphatic rings. The molecule has 2 rings (SSSR count). The Morgan fingerprint density at radius 3 is 3.00 bits per heavy atom. The second-order valence-electron chi connectivity index (χ2n) is 4.65. The number of benzene rings is 1. The number of carbonyl (C=O) groups is 1. The molecule has 1 aromatic carbocycles. The molecule has 1 amide bonds. The van der Waals surface area contributed by atoms with Gasteiger partial charge in [-0.3, -0.25) is 9.78 Å². The maximum absolute atomic E-state index is 11.8. The number of pyridine rings is 1. The number of carbonyl (C=O) groups excluding carboxylic acids is 1. The smallest absolute Gasteiger partial charge is 0.238 e. The molecule has 1 unspecified atom stereocenters. The van der Waals surface area contributed by atoms with E-state index in [1.807, 2.05) is 30.3 Å². The minimum Gasteiger partial charge on any atom is -0.325 e. The molecule has 1 heterocycles. The van der Waals surface area contributed by atoms with Crippen molar-refractivity contribution in [3.05, 3.63) is 36.5 Å². The number of hydrogen-bond donors (Lipinski definition) is 2. The summed E-state index contributed by atoms with van der Waals surface area (Å²) in [5.41, 5.74) is 1.73. The van der Waals surface area contributed by atoms with Crippen LogP contribution in [0.2, 0.25) is 0 Å². The Morgan fingerprint density at radius 1 is 1.37 bits per heavy atom. The maximum Gasteiger partial charge on any atom is 0.238 e. The summed E-state index contributed by atoms with van der Waals surface area (Å²) in [4.78, 5) is 16.0. The Bertz CT molecular complexity index is 568. The lowest BCUT2D eigenvalue weighted by atomic mass is 10.2. The second-order valence-corrected chi connectivity index (χ2v) is 4.65. The minimum atomic E-state index is -0.0245. The standard InChI is InChI=1S/C15H19N3O/c1-3-11(2)17-10-15(19)18-13-6-7-14-12(9-13)5-4-8-16-14/h4-9,11,17H,3,10H2,1-2H3,(H,18,19). The number of rotatable bonds is 5. The quantitative estimate of drug-likeness (QED) is 0.865. The van der Waals surface area contributed by atoms with Gasteiger partial charge >= 0.3 is 0 Å². The van der Waals surface area contributed by atoms with Crippen LogP contribution in [0.4, 0.5) is 5.69 Å². The average molecular weight is 257 g/mol. The van der Waals surface area contributed by atoms with Crippen LogP contribution in [0.1, 0.15) is 20.3 Å². The van der Waals surface area contributed by atoms with Gasteiger partial charge in [-0.15, -0.1) is 0 Å². The Balaban J connectivity index is 1.99. The van der Waals surface area contributed by atoms with Crippen molar-refractivity contribution in [2.24, 2.45) is 0 Å². The molecule has 100 valence electrons. The van der Waals surface area contributed by atoms with Gasteiger partial charge in [-0.1, -0.05) is 13.0 Å². The molecule has 2 N–H and O–H groups in total. The number of anilines is 1. The fraction of sp³-hybridized carbons (Fsp3) is 0.333. The van der Waals surface area contributed by atoms with Crippen molar-refractivity contribution >= 4 is 22.5 Å². The SMILES string of the molecule is CCC(C)NCC(=O)Nc1ccc2ncccc2c1. The molecule has 4 nitrogen and oxygen atoms in total. The molecular weight excluding hydrogens is 238 g/mol. The Kier molecular flexibility index (Phi) is 4.47. The van der Waals surface area contributed by atoms with Crippen LogP contribution in [-0.2, 0) is 4.79 Å². The van der Waals surface area contributed by atoms with Crippen molar-refractivity contribution in [1.82, 2.24) is 10.3 Å². The molecule has 0 aliphatic carbocycles. The van der Waals surface area contributed by atoms with Gasteiger partial charge in [-0.25, -0.2) is 0 Å². The third kappa shape index (κ3) is 3.76. The largest absolute Gasteiger partial charge is 0.325 e. The summed E-state index contributed by atoms with van der Waals surface area (Å²) in [7, 11) is 0. The molecule has 0 saturated heterocycles. The van der Waals surface area contributed by atoms with Crippen molar-refractivity contribution in [2.45, 2.75) is 26.3 Å². The number of nitrogens with zero attached hydrogens (tertiary/aromatic N) is 1. The molecule has 0 fully saturated rings. The number of aromatic nitrogens is 1. The van der Waals surface area contributed by atoms with Gasteiger partial charge in [0.2, 0.25) is 5.91 Å². The first-order valence-electron chi connectivity index (χ1n) is 6.57. The van der Waals surface area contributed by atoms with E-state index in [2.05, 4.69) is 29.5 Å². The predicted octanol–water partition coefficient (Wildman–Crippen LogP) is 2.56. The molecule has 1 atom stereocenters. The molecule has 0 bridgehead atoms. The molecule has 1 aromatic heterocycles. The van der Waals surface area contributed by atoms with Crippen LogP contribution in [0.3, 0.4) is 0 Å². The molecule has 2 aromatic rings. The zero-order chi connectivity index (χ0) is 13.7. The molecule has 0 radical (unpaired) electrons. The third-order valence-corrected chi connectivity index (χ3v) is 3.11. The van der Waals surface area contributed by atoms with E-state index >= 15 is 0 Å². The lowest BCUT2D eigenvalue weighted by molar-refractivity contribution is -0.115. The van der Waals surface area contributed by atoms with E-state index in [0.29, 0.717) is 12.6 Å². The van der Waals surface area contributed by atoms with Crippen molar-refractivity contribution < 1.29 is 4.79 Å². The molecule has 19 heavy (non-hydrogen) atoms. The van der Waals surface area contributed by atoms with Gasteiger partial charge in [0.05, 0.1) is 12.1 Å². The lowest BCUT2D eigenvalue weighted by Gasteiger charge is -2.11. The molecule has 4 heteroatoms. The van der Waals surface area contributed by atoms with E-state index in [1.54, 1.807) is 6.20 Å². The highest BCUT2D eigenvalue weighted by Gasteiger charge is 2.05. The first-order valence-corrected chi connectivity index (χ1v) is 6.57. The zero-order valence-corrected chi connectivity index (χ0v) is 11.3. The summed E-state index contributed by atoms with van der Waals surface area (Å²) in [6, 6.07) is 9.94. The number of amides is 1. The van der Waals surface area contributed by atoms with E-state index in [1.165, 1.54) is 0 Å². The molecule has 0 aliphatic heterocycles. The van der Waals surface area contributed by atoms with Crippen molar-refractivity contribution in [3.63, 3.8) is 0 Å². The summed E-state index contributed by atoms with van der Waals surface area (Å²) < 4.78 is 0. The van der Waals surface area contributed by atoms with Crippen molar-refractivity contribution in [2.75, 3.05) is 11.9 Å². The average Bonchev–Trinajstić information content (AvgIpc) is 2.44. The van der Waals surface area contributed by atoms with Gasteiger partial charge < -0.3 is 10.6 Å². The topological polar surface area (TPSA) is 54.0 Å². The number of hydrogen-bond acceptors (Lipinski definition) is 3. The summed E-state index contributed by atoms with van der Waals surface area (Å²) in [5, 5.41) is 7.07. The lowest BCUT2D eigenvalue weighted by Crippen LogP contribution is -2.33. The highest BCUT2D eigenvalue weighted by molar-refractivity contribution is 5.94. The van der Waals surface area contributed by atoms with Crippen LogP contribution in [0, 0.1) is 0 Å². The van der Waals surface area contributed by atoms with Crippen LogP contribution in [0.15, 0.2) is 36.5 Å². The third-order valence-electron chi connectivity index (χ3n) is 3.11. The normalized spacial score (nSPS) is 12.3. The predicted molar refractivity (Wildman–Crippen MR) is 78.1 cm³/mol. The van der Waals surface area contributed by atoms with Gasteiger partial charge in [-0.2, -0.15) is 0 Å². The van der Waals surface area contributed by atoms with E-state index in [4.69, 9.17) is 0 Å². The van der Waals surface area contributed by atoms with Gasteiger partial charge in [0, 0.05) is 23.3 Å². The molecule has 0 spiro atoms. The Hall–Kier alpha value is -1.94. The fourth-order valence-electron chi connectivity index (χ4n) is 1.77. The summed E-state index contributed by atoms with van der Waals surface area (Å²) in [6.07, 6.45) is 2.77. The first kappa shape index (κ1) is 13.5. The summed E-state index contributed by atoms with van der Waals surface area (Å²) >= 11 is 0. The molecule has 0 saturated carbocycles. The Labute approximate surface area is 113 Å². The number of fused-ring (bicyclic) bond motifs is 1. The maximum atomic E-state index is 11.8. The number of nitrogens with one attached hydrogen (secondary N) is 2. The van der Waals surface area contributed by atoms with Gasteiger partial charge in [0.1, 0.15) is 0 Å². The Morgan fingerprint density at radius 2 is 2.21 bits per heavy atom. The van der Waals surface area contributed by atoms with Gasteiger partial charge in [0.25, 0.3) is 0 Å². The van der Waals surface area contributed by atoms with Gasteiger partial charge in [0.15, 0.2) is 0 Å². The van der Waals surface area contributed by atoms with Crippen LogP contribution in [0.25, 0.3) is 10.9 Å². The highest BCUT2D eigenvalue weighted by Crippen LogP contribution is 2.16. The van der Waals surface area contributed by atoms with Crippen LogP contribution < -0.4 is 10.6 Å². The van der Waals surface area contributed by atoms with Crippen LogP contribution in [-0.4, -0.2) is 23.5 Å².